The molecule has 0 atom stereocenters. The van der Waals surface area contributed by atoms with Crippen LogP contribution >= 0.6 is 23.2 Å². The van der Waals surface area contributed by atoms with Crippen LogP contribution in [-0.2, 0) is 13.0 Å². The summed E-state index contributed by atoms with van der Waals surface area (Å²) in [5, 5.41) is 4.08. The first-order chi connectivity index (χ1) is 11.1. The Morgan fingerprint density at radius 3 is 2.74 bits per heavy atom. The van der Waals surface area contributed by atoms with Crippen LogP contribution in [0.2, 0.25) is 10.0 Å². The summed E-state index contributed by atoms with van der Waals surface area (Å²) in [7, 11) is 0. The van der Waals surface area contributed by atoms with Crippen LogP contribution < -0.4 is 5.32 Å². The monoisotopic (exact) mass is 347 g/mol. The topological polar surface area (TPSA) is 46.4 Å². The molecule has 0 fully saturated rings. The number of hydrogen-bond donors (Lipinski definition) is 1. The number of carbonyl (C=O) groups excluding carboxylic acids is 1. The summed E-state index contributed by atoms with van der Waals surface area (Å²) in [4.78, 5) is 17.1. The number of nitrogens with zero attached hydrogens (tertiary/aromatic N) is 2. The predicted octanol–water partition coefficient (Wildman–Crippen LogP) is 4.13. The zero-order chi connectivity index (χ0) is 16.4. The number of amides is 1. The van der Waals surface area contributed by atoms with E-state index in [1.165, 1.54) is 0 Å². The molecule has 0 bridgehead atoms. The van der Waals surface area contributed by atoms with Crippen molar-refractivity contribution < 1.29 is 4.79 Å². The van der Waals surface area contributed by atoms with Gasteiger partial charge in [0.1, 0.15) is 11.3 Å². The van der Waals surface area contributed by atoms with E-state index in [2.05, 4.69) is 10.3 Å². The van der Waals surface area contributed by atoms with Gasteiger partial charge in [-0.05, 0) is 30.2 Å². The van der Waals surface area contributed by atoms with Gasteiger partial charge < -0.3 is 5.32 Å². The molecule has 6 heteroatoms. The molecule has 0 aliphatic heterocycles. The van der Waals surface area contributed by atoms with Crippen LogP contribution in [0.5, 0.6) is 0 Å². The Labute approximate surface area is 144 Å². The first-order valence-electron chi connectivity index (χ1n) is 7.28. The average Bonchev–Trinajstić information content (AvgIpc) is 2.91. The highest BCUT2D eigenvalue weighted by Gasteiger charge is 2.18. The van der Waals surface area contributed by atoms with E-state index in [0.29, 0.717) is 34.4 Å². The van der Waals surface area contributed by atoms with Crippen molar-refractivity contribution in [3.63, 3.8) is 0 Å². The van der Waals surface area contributed by atoms with Crippen molar-refractivity contribution in [3.8, 4) is 0 Å². The van der Waals surface area contributed by atoms with Crippen LogP contribution in [0.15, 0.2) is 42.6 Å². The zero-order valence-electron chi connectivity index (χ0n) is 12.5. The summed E-state index contributed by atoms with van der Waals surface area (Å²) in [6.07, 6.45) is 2.36. The van der Waals surface area contributed by atoms with Gasteiger partial charge >= 0.3 is 0 Å². The number of imidazole rings is 1. The summed E-state index contributed by atoms with van der Waals surface area (Å²) in [6, 6.07) is 11.0. The van der Waals surface area contributed by atoms with E-state index < -0.39 is 0 Å². The van der Waals surface area contributed by atoms with Crippen molar-refractivity contribution in [2.24, 2.45) is 0 Å². The van der Waals surface area contributed by atoms with Crippen LogP contribution in [-0.4, -0.2) is 15.3 Å². The molecule has 0 aliphatic rings. The second kappa shape index (κ2) is 6.60. The third-order valence-electron chi connectivity index (χ3n) is 3.60. The Bertz CT molecular complexity index is 873. The number of fused-ring (bicyclic) bond motifs is 1. The molecule has 1 aromatic carbocycles. The highest BCUT2D eigenvalue weighted by Crippen LogP contribution is 2.18. The predicted molar refractivity (Wildman–Crippen MR) is 92.2 cm³/mol. The van der Waals surface area contributed by atoms with Gasteiger partial charge in [0, 0.05) is 17.8 Å². The maximum atomic E-state index is 12.6. The van der Waals surface area contributed by atoms with Crippen molar-refractivity contribution in [2.75, 3.05) is 0 Å². The molecular weight excluding hydrogens is 333 g/mol. The number of rotatable bonds is 4. The van der Waals surface area contributed by atoms with Gasteiger partial charge in [-0.2, -0.15) is 0 Å². The van der Waals surface area contributed by atoms with Crippen LogP contribution in [0.3, 0.4) is 0 Å². The van der Waals surface area contributed by atoms with Crippen molar-refractivity contribution in [3.05, 3.63) is 69.6 Å². The number of halogens is 2. The van der Waals surface area contributed by atoms with Crippen LogP contribution in [0.25, 0.3) is 5.65 Å². The number of benzene rings is 1. The van der Waals surface area contributed by atoms with Crippen molar-refractivity contribution in [2.45, 2.75) is 19.9 Å². The van der Waals surface area contributed by atoms with E-state index in [0.717, 1.165) is 11.3 Å². The van der Waals surface area contributed by atoms with E-state index in [4.69, 9.17) is 23.2 Å². The summed E-state index contributed by atoms with van der Waals surface area (Å²) >= 11 is 12.2. The van der Waals surface area contributed by atoms with Crippen LogP contribution in [0.1, 0.15) is 28.7 Å². The van der Waals surface area contributed by atoms with Gasteiger partial charge in [0.05, 0.1) is 10.7 Å². The quantitative estimate of drug-likeness (QED) is 0.771. The first kappa shape index (κ1) is 15.8. The molecule has 2 heterocycles. The molecule has 0 radical (unpaired) electrons. The largest absolute Gasteiger partial charge is 0.347 e. The van der Waals surface area contributed by atoms with Crippen LogP contribution in [0.4, 0.5) is 0 Å². The number of pyridine rings is 1. The molecule has 4 nitrogen and oxygen atoms in total. The molecule has 118 valence electrons. The molecular formula is C17H15Cl2N3O. The lowest BCUT2D eigenvalue weighted by molar-refractivity contribution is 0.0944. The highest BCUT2D eigenvalue weighted by atomic mass is 35.5. The Morgan fingerprint density at radius 1 is 1.22 bits per heavy atom. The number of aryl methyl sites for hydroxylation is 1. The molecule has 3 aromatic rings. The normalized spacial score (nSPS) is 10.9. The molecule has 0 unspecified atom stereocenters. The molecule has 1 amide bonds. The number of hydrogen-bond acceptors (Lipinski definition) is 2. The first-order valence-corrected chi connectivity index (χ1v) is 8.04. The molecule has 3 rings (SSSR count). The molecule has 0 saturated carbocycles. The van der Waals surface area contributed by atoms with Gasteiger partial charge in [-0.15, -0.1) is 0 Å². The lowest BCUT2D eigenvalue weighted by Crippen LogP contribution is -2.25. The Balaban J connectivity index is 1.91. The Kier molecular flexibility index (Phi) is 4.55. The molecule has 0 spiro atoms. The molecule has 2 aromatic heterocycles. The van der Waals surface area contributed by atoms with Gasteiger partial charge in [0.25, 0.3) is 5.91 Å². The van der Waals surface area contributed by atoms with Crippen molar-refractivity contribution >= 4 is 34.8 Å². The number of aromatic nitrogens is 2. The van der Waals surface area contributed by atoms with E-state index >= 15 is 0 Å². The molecule has 0 saturated heterocycles. The summed E-state index contributed by atoms with van der Waals surface area (Å²) < 4.78 is 1.73. The Hall–Kier alpha value is -2.04. The van der Waals surface area contributed by atoms with Gasteiger partial charge in [-0.25, -0.2) is 4.98 Å². The summed E-state index contributed by atoms with van der Waals surface area (Å²) in [6.45, 7) is 2.32. The van der Waals surface area contributed by atoms with E-state index in [1.807, 2.05) is 25.1 Å². The maximum Gasteiger partial charge on any atom is 0.270 e. The zero-order valence-corrected chi connectivity index (χ0v) is 14.0. The van der Waals surface area contributed by atoms with Gasteiger partial charge in [-0.3, -0.25) is 9.20 Å². The minimum absolute atomic E-state index is 0.198. The van der Waals surface area contributed by atoms with Gasteiger partial charge in [0.15, 0.2) is 0 Å². The van der Waals surface area contributed by atoms with E-state index in [-0.39, 0.29) is 5.91 Å². The fourth-order valence-electron chi connectivity index (χ4n) is 2.46. The summed E-state index contributed by atoms with van der Waals surface area (Å²) in [5.41, 5.74) is 2.82. The smallest absolute Gasteiger partial charge is 0.270 e. The second-order valence-corrected chi connectivity index (χ2v) is 5.95. The SMILES string of the molecule is CCc1nc2ccc(Cl)cn2c1C(=O)NCc1ccccc1Cl. The summed E-state index contributed by atoms with van der Waals surface area (Å²) in [5.74, 6) is -0.198. The fraction of sp³-hybridized carbons (Fsp3) is 0.176. The third kappa shape index (κ3) is 3.19. The van der Waals surface area contributed by atoms with Crippen molar-refractivity contribution in [1.82, 2.24) is 14.7 Å². The average molecular weight is 348 g/mol. The highest BCUT2D eigenvalue weighted by molar-refractivity contribution is 6.31. The minimum Gasteiger partial charge on any atom is -0.347 e. The van der Waals surface area contributed by atoms with Gasteiger partial charge in [0.2, 0.25) is 0 Å². The fourth-order valence-corrected chi connectivity index (χ4v) is 2.82. The number of carbonyl (C=O) groups is 1. The van der Waals surface area contributed by atoms with Crippen LogP contribution in [0, 0.1) is 0 Å². The lowest BCUT2D eigenvalue weighted by Gasteiger charge is -2.08. The molecule has 0 aliphatic carbocycles. The number of nitrogens with one attached hydrogen (secondary N) is 1. The van der Waals surface area contributed by atoms with E-state index in [9.17, 15) is 4.79 Å². The molecule has 23 heavy (non-hydrogen) atoms. The maximum absolute atomic E-state index is 12.6. The third-order valence-corrected chi connectivity index (χ3v) is 4.19. The van der Waals surface area contributed by atoms with Gasteiger partial charge in [-0.1, -0.05) is 48.3 Å². The second-order valence-electron chi connectivity index (χ2n) is 5.11. The van der Waals surface area contributed by atoms with Crippen molar-refractivity contribution in [1.29, 1.82) is 0 Å². The lowest BCUT2D eigenvalue weighted by atomic mass is 10.2. The van der Waals surface area contributed by atoms with E-state index in [1.54, 1.807) is 28.8 Å². The standard InChI is InChI=1S/C17H15Cl2N3O/c1-2-14-16(22-10-12(18)7-8-15(22)21-14)17(23)20-9-11-5-3-4-6-13(11)19/h3-8,10H,2,9H2,1H3,(H,20,23). The minimum atomic E-state index is -0.198. The molecule has 1 N–H and O–H groups in total. The Morgan fingerprint density at radius 2 is 2.00 bits per heavy atom.